The van der Waals surface area contributed by atoms with Gasteiger partial charge in [0.15, 0.2) is 12.4 Å². The predicted octanol–water partition coefficient (Wildman–Crippen LogP) is 3.38. The van der Waals surface area contributed by atoms with Crippen LogP contribution in [0.3, 0.4) is 0 Å². The molecule has 1 aromatic heterocycles. The average molecular weight is 259 g/mol. The van der Waals surface area contributed by atoms with Crippen molar-refractivity contribution in [1.82, 2.24) is 4.98 Å². The van der Waals surface area contributed by atoms with Crippen LogP contribution in [0.15, 0.2) is 22.6 Å². The third-order valence-electron chi connectivity index (χ3n) is 2.94. The maximum atomic E-state index is 11.5. The van der Waals surface area contributed by atoms with Gasteiger partial charge in [-0.2, -0.15) is 0 Å². The molecule has 0 unspecified atom stereocenters. The summed E-state index contributed by atoms with van der Waals surface area (Å²) in [6.07, 6.45) is 0. The maximum Gasteiger partial charge on any atom is 0.232 e. The number of rotatable bonds is 4. The van der Waals surface area contributed by atoms with Gasteiger partial charge in [-0.15, -0.1) is 0 Å². The topological polar surface area (TPSA) is 52.3 Å². The van der Waals surface area contributed by atoms with Gasteiger partial charge in [-0.25, -0.2) is 4.98 Å². The first-order valence-corrected chi connectivity index (χ1v) is 6.14. The van der Waals surface area contributed by atoms with Crippen LogP contribution in [0, 0.1) is 20.8 Å². The molecule has 0 bridgehead atoms. The Morgan fingerprint density at radius 2 is 2.05 bits per heavy atom. The van der Waals surface area contributed by atoms with Crippen molar-refractivity contribution in [2.45, 2.75) is 34.3 Å². The van der Waals surface area contributed by atoms with Crippen LogP contribution in [0.2, 0.25) is 0 Å². The van der Waals surface area contributed by atoms with Crippen LogP contribution in [0.5, 0.6) is 5.75 Å². The van der Waals surface area contributed by atoms with Gasteiger partial charge in [0.05, 0.1) is 11.3 Å². The van der Waals surface area contributed by atoms with Gasteiger partial charge in [-0.3, -0.25) is 4.79 Å². The van der Waals surface area contributed by atoms with Crippen LogP contribution >= 0.6 is 0 Å². The van der Waals surface area contributed by atoms with Crippen LogP contribution in [-0.4, -0.2) is 10.8 Å². The Hall–Kier alpha value is -2.10. The Bertz CT molecular complexity index is 594. The zero-order valence-electron chi connectivity index (χ0n) is 11.6. The molecule has 4 nitrogen and oxygen atoms in total. The highest BCUT2D eigenvalue weighted by Gasteiger charge is 2.11. The van der Waals surface area contributed by atoms with Crippen LogP contribution in [0.1, 0.15) is 40.2 Å². The van der Waals surface area contributed by atoms with E-state index in [0.29, 0.717) is 17.2 Å². The Labute approximate surface area is 112 Å². The van der Waals surface area contributed by atoms with E-state index in [1.165, 1.54) is 6.92 Å². The monoisotopic (exact) mass is 259 g/mol. The van der Waals surface area contributed by atoms with Gasteiger partial charge >= 0.3 is 0 Å². The second-order valence-corrected chi connectivity index (χ2v) is 4.59. The third kappa shape index (κ3) is 3.02. The van der Waals surface area contributed by atoms with E-state index in [-0.39, 0.29) is 12.4 Å². The lowest BCUT2D eigenvalue weighted by Crippen LogP contribution is -2.02. The normalized spacial score (nSPS) is 10.5. The fraction of sp³-hybridized carbons (Fsp3) is 0.333. The van der Waals surface area contributed by atoms with Crippen molar-refractivity contribution in [1.29, 1.82) is 0 Å². The number of benzene rings is 1. The lowest BCUT2D eigenvalue weighted by Gasteiger charge is -2.09. The molecule has 0 aliphatic carbocycles. The summed E-state index contributed by atoms with van der Waals surface area (Å²) in [6.45, 7) is 7.45. The van der Waals surface area contributed by atoms with Crippen LogP contribution in [-0.2, 0) is 6.61 Å². The van der Waals surface area contributed by atoms with Crippen molar-refractivity contribution in [3.63, 3.8) is 0 Å². The number of oxazole rings is 1. The molecule has 0 saturated carbocycles. The average Bonchev–Trinajstić information content (AvgIpc) is 2.66. The molecular formula is C15H17NO3. The molecular weight excluding hydrogens is 242 g/mol. The Balaban J connectivity index is 2.19. The summed E-state index contributed by atoms with van der Waals surface area (Å²) in [5, 5.41) is 0. The van der Waals surface area contributed by atoms with Crippen LogP contribution < -0.4 is 4.74 Å². The zero-order chi connectivity index (χ0) is 14.0. The molecule has 0 amide bonds. The molecule has 0 fully saturated rings. The van der Waals surface area contributed by atoms with E-state index < -0.39 is 0 Å². The zero-order valence-corrected chi connectivity index (χ0v) is 11.6. The van der Waals surface area contributed by atoms with Crippen LogP contribution in [0.25, 0.3) is 0 Å². The smallest absolute Gasteiger partial charge is 0.232 e. The summed E-state index contributed by atoms with van der Waals surface area (Å²) in [5.74, 6) is 1.86. The summed E-state index contributed by atoms with van der Waals surface area (Å²) in [7, 11) is 0. The van der Waals surface area contributed by atoms with E-state index >= 15 is 0 Å². The van der Waals surface area contributed by atoms with Gasteiger partial charge in [0.2, 0.25) is 5.89 Å². The summed E-state index contributed by atoms with van der Waals surface area (Å²) < 4.78 is 11.1. The van der Waals surface area contributed by atoms with Crippen molar-refractivity contribution >= 4 is 5.78 Å². The van der Waals surface area contributed by atoms with E-state index in [4.69, 9.17) is 9.15 Å². The van der Waals surface area contributed by atoms with E-state index in [1.54, 1.807) is 6.07 Å². The number of aromatic nitrogens is 1. The molecule has 2 aromatic rings. The number of ketones is 1. The maximum absolute atomic E-state index is 11.5. The molecule has 2 rings (SSSR count). The molecule has 0 atom stereocenters. The summed E-state index contributed by atoms with van der Waals surface area (Å²) in [4.78, 5) is 15.8. The number of nitrogens with zero attached hydrogens (tertiary/aromatic N) is 1. The highest BCUT2D eigenvalue weighted by atomic mass is 16.5. The number of carbonyl (C=O) groups excluding carboxylic acids is 1. The van der Waals surface area contributed by atoms with E-state index in [1.807, 2.05) is 32.9 Å². The molecule has 0 spiro atoms. The third-order valence-corrected chi connectivity index (χ3v) is 2.94. The van der Waals surface area contributed by atoms with Gasteiger partial charge in [-0.05, 0) is 45.4 Å². The number of ether oxygens (including phenoxy) is 1. The van der Waals surface area contributed by atoms with Crippen molar-refractivity contribution in [3.8, 4) is 5.75 Å². The fourth-order valence-corrected chi connectivity index (χ4v) is 1.78. The Morgan fingerprint density at radius 1 is 1.32 bits per heavy atom. The Morgan fingerprint density at radius 3 is 2.63 bits per heavy atom. The molecule has 0 saturated heterocycles. The summed E-state index contributed by atoms with van der Waals surface area (Å²) in [6, 6.07) is 5.52. The highest BCUT2D eigenvalue weighted by Crippen LogP contribution is 2.22. The molecule has 1 aromatic carbocycles. The highest BCUT2D eigenvalue weighted by molar-refractivity contribution is 5.96. The second kappa shape index (κ2) is 5.26. The first kappa shape index (κ1) is 13.3. The van der Waals surface area contributed by atoms with Crippen molar-refractivity contribution in [3.05, 3.63) is 46.7 Å². The lowest BCUT2D eigenvalue weighted by molar-refractivity contribution is 0.101. The number of hydrogen-bond acceptors (Lipinski definition) is 4. The molecule has 0 aliphatic rings. The first-order chi connectivity index (χ1) is 8.97. The van der Waals surface area contributed by atoms with Gasteiger partial charge in [0.1, 0.15) is 11.5 Å². The molecule has 4 heteroatoms. The largest absolute Gasteiger partial charge is 0.483 e. The molecule has 19 heavy (non-hydrogen) atoms. The summed E-state index contributed by atoms with van der Waals surface area (Å²) in [5.41, 5.74) is 2.47. The number of carbonyl (C=O) groups is 1. The molecule has 0 N–H and O–H groups in total. The number of aryl methyl sites for hydroxylation is 3. The minimum absolute atomic E-state index is 0.0187. The number of hydrogen-bond donors (Lipinski definition) is 0. The predicted molar refractivity (Wildman–Crippen MR) is 71.5 cm³/mol. The van der Waals surface area contributed by atoms with Crippen molar-refractivity contribution < 1.29 is 13.9 Å². The van der Waals surface area contributed by atoms with Gasteiger partial charge in [-0.1, -0.05) is 6.07 Å². The molecule has 1 heterocycles. The minimum Gasteiger partial charge on any atom is -0.483 e. The van der Waals surface area contributed by atoms with E-state index in [0.717, 1.165) is 17.0 Å². The number of Topliss-reactive ketones (excluding diaryl/α,β-unsaturated/α-hetero) is 1. The van der Waals surface area contributed by atoms with E-state index in [2.05, 4.69) is 4.98 Å². The quantitative estimate of drug-likeness (QED) is 0.790. The van der Waals surface area contributed by atoms with Gasteiger partial charge < -0.3 is 9.15 Å². The van der Waals surface area contributed by atoms with Gasteiger partial charge in [0.25, 0.3) is 0 Å². The minimum atomic E-state index is -0.0187. The fourth-order valence-electron chi connectivity index (χ4n) is 1.78. The first-order valence-electron chi connectivity index (χ1n) is 6.14. The van der Waals surface area contributed by atoms with Gasteiger partial charge in [0, 0.05) is 0 Å². The lowest BCUT2D eigenvalue weighted by atomic mass is 10.1. The van der Waals surface area contributed by atoms with Crippen molar-refractivity contribution in [2.75, 3.05) is 0 Å². The molecule has 100 valence electrons. The SMILES string of the molecule is CC(=O)c1ccc(C)cc1OCc1nc(C)c(C)o1. The summed E-state index contributed by atoms with van der Waals surface area (Å²) >= 11 is 0. The van der Waals surface area contributed by atoms with E-state index in [9.17, 15) is 4.79 Å². The Kier molecular flexibility index (Phi) is 3.69. The molecule has 0 radical (unpaired) electrons. The standard InChI is InChI=1S/C15H17NO3/c1-9-5-6-13(11(3)17)14(7-9)18-8-15-16-10(2)12(4)19-15/h5-7H,8H2,1-4H3. The van der Waals surface area contributed by atoms with Crippen molar-refractivity contribution in [2.24, 2.45) is 0 Å². The molecule has 0 aliphatic heterocycles. The second-order valence-electron chi connectivity index (χ2n) is 4.59. The van der Waals surface area contributed by atoms with Crippen LogP contribution in [0.4, 0.5) is 0 Å².